The van der Waals surface area contributed by atoms with E-state index in [1.54, 1.807) is 6.07 Å². The molecule has 0 aromatic heterocycles. The Bertz CT molecular complexity index is 728. The molecule has 0 aliphatic carbocycles. The van der Waals surface area contributed by atoms with Crippen LogP contribution < -0.4 is 5.32 Å². The molecule has 29 heavy (non-hydrogen) atoms. The van der Waals surface area contributed by atoms with Gasteiger partial charge in [0.1, 0.15) is 6.17 Å². The van der Waals surface area contributed by atoms with Crippen LogP contribution >= 0.6 is 23.2 Å². The molecular formula is C21H28Cl2FN3O2. The van der Waals surface area contributed by atoms with Gasteiger partial charge in [-0.1, -0.05) is 23.2 Å². The van der Waals surface area contributed by atoms with Crippen LogP contribution in [-0.4, -0.2) is 66.6 Å². The van der Waals surface area contributed by atoms with Gasteiger partial charge in [0.05, 0.1) is 6.54 Å². The molecule has 2 aliphatic heterocycles. The first-order valence-electron chi connectivity index (χ1n) is 10.2. The predicted molar refractivity (Wildman–Crippen MR) is 113 cm³/mol. The van der Waals surface area contributed by atoms with E-state index >= 15 is 0 Å². The lowest BCUT2D eigenvalue weighted by atomic mass is 9.94. The number of carbonyl (C=O) groups excluding carboxylic acids is 2. The molecule has 3 rings (SSSR count). The fourth-order valence-corrected chi connectivity index (χ4v) is 4.68. The topological polar surface area (TPSA) is 52.7 Å². The number of nitrogens with zero attached hydrogens (tertiary/aromatic N) is 2. The summed E-state index contributed by atoms with van der Waals surface area (Å²) in [4.78, 5) is 28.7. The number of carbonyl (C=O) groups is 2. The Morgan fingerprint density at radius 1 is 1.14 bits per heavy atom. The molecule has 2 fully saturated rings. The van der Waals surface area contributed by atoms with Crippen LogP contribution in [0, 0.1) is 5.92 Å². The summed E-state index contributed by atoms with van der Waals surface area (Å²) in [6, 6.07) is 4.89. The number of halogens is 3. The summed E-state index contributed by atoms with van der Waals surface area (Å²) in [5, 5.41) is 3.54. The highest BCUT2D eigenvalue weighted by Gasteiger charge is 2.32. The molecule has 1 aromatic rings. The van der Waals surface area contributed by atoms with Crippen molar-refractivity contribution in [3.8, 4) is 0 Å². The van der Waals surface area contributed by atoms with Crippen molar-refractivity contribution >= 4 is 35.0 Å². The first-order valence-corrected chi connectivity index (χ1v) is 11.0. The number of rotatable bonds is 5. The van der Waals surface area contributed by atoms with Crippen molar-refractivity contribution in [2.24, 2.45) is 5.92 Å². The van der Waals surface area contributed by atoms with Gasteiger partial charge in [0, 0.05) is 47.2 Å². The molecule has 1 N–H and O–H groups in total. The van der Waals surface area contributed by atoms with Gasteiger partial charge >= 0.3 is 0 Å². The van der Waals surface area contributed by atoms with E-state index in [4.69, 9.17) is 23.2 Å². The van der Waals surface area contributed by atoms with E-state index in [9.17, 15) is 14.0 Å². The Morgan fingerprint density at radius 2 is 1.86 bits per heavy atom. The molecule has 0 bridgehead atoms. The standard InChI is InChI=1S/C21H28Cl2FN3O2/c1-14-4-2-3-6-27(14)20(28)13-26-7-5-15(19(24)12-26)11-25-21(29)16-8-17(22)10-18(23)9-16/h8-10,14-15,19H,2-7,11-13H2,1H3,(H,25,29)/t14?,15-,19-/m1/s1. The Morgan fingerprint density at radius 3 is 2.52 bits per heavy atom. The van der Waals surface area contributed by atoms with Crippen LogP contribution in [0.5, 0.6) is 0 Å². The molecule has 0 radical (unpaired) electrons. The number of hydrogen-bond donors (Lipinski definition) is 1. The predicted octanol–water partition coefficient (Wildman–Crippen LogP) is 3.78. The minimum Gasteiger partial charge on any atom is -0.352 e. The second-order valence-corrected chi connectivity index (χ2v) is 8.97. The largest absolute Gasteiger partial charge is 0.352 e. The number of alkyl halides is 1. The summed E-state index contributed by atoms with van der Waals surface area (Å²) in [5.74, 6) is -0.499. The van der Waals surface area contributed by atoms with Crippen molar-refractivity contribution in [1.82, 2.24) is 15.1 Å². The smallest absolute Gasteiger partial charge is 0.251 e. The number of hydrogen-bond acceptors (Lipinski definition) is 3. The summed E-state index contributed by atoms with van der Waals surface area (Å²) < 4.78 is 14.7. The summed E-state index contributed by atoms with van der Waals surface area (Å²) in [6.07, 6.45) is 2.76. The van der Waals surface area contributed by atoms with Crippen molar-refractivity contribution in [2.75, 3.05) is 32.7 Å². The number of piperidine rings is 2. The fourth-order valence-electron chi connectivity index (χ4n) is 4.15. The van der Waals surface area contributed by atoms with E-state index < -0.39 is 6.17 Å². The highest BCUT2D eigenvalue weighted by atomic mass is 35.5. The first kappa shape index (κ1) is 22.3. The van der Waals surface area contributed by atoms with Crippen LogP contribution in [0.15, 0.2) is 18.2 Å². The molecule has 160 valence electrons. The van der Waals surface area contributed by atoms with Gasteiger partial charge in [-0.15, -0.1) is 0 Å². The molecule has 2 aliphatic rings. The van der Waals surface area contributed by atoms with Gasteiger partial charge in [0.25, 0.3) is 5.91 Å². The molecule has 2 saturated heterocycles. The number of likely N-dealkylation sites (tertiary alicyclic amines) is 2. The van der Waals surface area contributed by atoms with E-state index in [0.717, 1.165) is 25.8 Å². The zero-order valence-electron chi connectivity index (χ0n) is 16.7. The van der Waals surface area contributed by atoms with Gasteiger partial charge in [0.2, 0.25) is 5.91 Å². The molecule has 1 unspecified atom stereocenters. The van der Waals surface area contributed by atoms with Crippen molar-refractivity contribution < 1.29 is 14.0 Å². The molecule has 5 nitrogen and oxygen atoms in total. The summed E-state index contributed by atoms with van der Waals surface area (Å²) in [6.45, 7) is 4.27. The molecule has 1 aromatic carbocycles. The van der Waals surface area contributed by atoms with Crippen LogP contribution in [0.25, 0.3) is 0 Å². The van der Waals surface area contributed by atoms with Crippen LogP contribution in [-0.2, 0) is 4.79 Å². The quantitative estimate of drug-likeness (QED) is 0.752. The van der Waals surface area contributed by atoms with Crippen LogP contribution in [0.3, 0.4) is 0 Å². The van der Waals surface area contributed by atoms with Gasteiger partial charge in [-0.05, 0) is 57.4 Å². The molecular weight excluding hydrogens is 416 g/mol. The third-order valence-electron chi connectivity index (χ3n) is 5.89. The van der Waals surface area contributed by atoms with Crippen LogP contribution in [0.4, 0.5) is 4.39 Å². The average molecular weight is 444 g/mol. The minimum absolute atomic E-state index is 0.0917. The lowest BCUT2D eigenvalue weighted by molar-refractivity contribution is -0.136. The van der Waals surface area contributed by atoms with E-state index in [2.05, 4.69) is 12.2 Å². The molecule has 3 atom stereocenters. The minimum atomic E-state index is -1.08. The van der Waals surface area contributed by atoms with E-state index in [1.165, 1.54) is 12.1 Å². The van der Waals surface area contributed by atoms with Gasteiger partial charge in [-0.2, -0.15) is 0 Å². The highest BCUT2D eigenvalue weighted by molar-refractivity contribution is 6.35. The third kappa shape index (κ3) is 6.06. The Balaban J connectivity index is 1.46. The zero-order valence-corrected chi connectivity index (χ0v) is 18.2. The van der Waals surface area contributed by atoms with E-state index in [0.29, 0.717) is 28.6 Å². The summed E-state index contributed by atoms with van der Waals surface area (Å²) in [7, 11) is 0. The van der Waals surface area contributed by atoms with E-state index in [1.807, 2.05) is 9.80 Å². The van der Waals surface area contributed by atoms with Gasteiger partial charge in [-0.25, -0.2) is 4.39 Å². The monoisotopic (exact) mass is 443 g/mol. The highest BCUT2D eigenvalue weighted by Crippen LogP contribution is 2.23. The first-order chi connectivity index (χ1) is 13.8. The Hall–Kier alpha value is -1.37. The average Bonchev–Trinajstić information content (AvgIpc) is 2.66. The van der Waals surface area contributed by atoms with Crippen molar-refractivity contribution in [3.05, 3.63) is 33.8 Å². The number of nitrogens with one attached hydrogen (secondary N) is 1. The van der Waals surface area contributed by atoms with E-state index in [-0.39, 0.29) is 43.4 Å². The lowest BCUT2D eigenvalue weighted by Crippen LogP contribution is -2.51. The van der Waals surface area contributed by atoms with Crippen molar-refractivity contribution in [2.45, 2.75) is 44.8 Å². The van der Waals surface area contributed by atoms with Gasteiger partial charge in [0.15, 0.2) is 0 Å². The SMILES string of the molecule is CC1CCCCN1C(=O)CN1CC[C@H](CNC(=O)c2cc(Cl)cc(Cl)c2)[C@H](F)C1. The van der Waals surface area contributed by atoms with Crippen LogP contribution in [0.2, 0.25) is 10.0 Å². The van der Waals surface area contributed by atoms with Crippen LogP contribution in [0.1, 0.15) is 43.0 Å². The molecule has 2 amide bonds. The summed E-state index contributed by atoms with van der Waals surface area (Å²) in [5.41, 5.74) is 0.358. The maximum absolute atomic E-state index is 14.7. The molecule has 2 heterocycles. The zero-order chi connectivity index (χ0) is 21.0. The van der Waals surface area contributed by atoms with Gasteiger partial charge in [-0.3, -0.25) is 14.5 Å². The second kappa shape index (κ2) is 10.1. The normalized spacial score (nSPS) is 25.7. The molecule has 0 saturated carbocycles. The number of amides is 2. The maximum Gasteiger partial charge on any atom is 0.251 e. The maximum atomic E-state index is 14.7. The fraction of sp³-hybridized carbons (Fsp3) is 0.619. The van der Waals surface area contributed by atoms with Crippen molar-refractivity contribution in [3.63, 3.8) is 0 Å². The lowest BCUT2D eigenvalue weighted by Gasteiger charge is -2.38. The van der Waals surface area contributed by atoms with Crippen molar-refractivity contribution in [1.29, 1.82) is 0 Å². The number of benzene rings is 1. The van der Waals surface area contributed by atoms with Gasteiger partial charge < -0.3 is 10.2 Å². The Kier molecular flexibility index (Phi) is 7.77. The third-order valence-corrected chi connectivity index (χ3v) is 6.33. The second-order valence-electron chi connectivity index (χ2n) is 8.10. The molecule has 0 spiro atoms. The summed E-state index contributed by atoms with van der Waals surface area (Å²) >= 11 is 11.9. The molecule has 8 heteroatoms. The Labute approximate surface area is 181 Å².